The molecule has 0 aromatic carbocycles. The first-order chi connectivity index (χ1) is 8.08. The van der Waals surface area contributed by atoms with E-state index in [4.69, 9.17) is 0 Å². The number of nitrogens with one attached hydrogen (secondary N) is 1. The Labute approximate surface area is 105 Å². The van der Waals surface area contributed by atoms with Gasteiger partial charge in [0.05, 0.1) is 12.0 Å². The maximum Gasteiger partial charge on any atom is 0.0949 e. The Morgan fingerprint density at radius 3 is 2.82 bits per heavy atom. The second-order valence-corrected chi connectivity index (χ2v) is 5.28. The van der Waals surface area contributed by atoms with E-state index in [1.165, 1.54) is 6.42 Å². The van der Waals surface area contributed by atoms with Crippen LogP contribution >= 0.6 is 0 Å². The normalized spacial score (nSPS) is 11.6. The lowest BCUT2D eigenvalue weighted by atomic mass is 10.2. The number of hydrogen-bond acceptors (Lipinski definition) is 3. The van der Waals surface area contributed by atoms with E-state index < -0.39 is 0 Å². The molecule has 98 valence electrons. The predicted octanol–water partition coefficient (Wildman–Crippen LogP) is 1.58. The summed E-state index contributed by atoms with van der Waals surface area (Å²) in [5.74, 6) is 0.692. The fourth-order valence-electron chi connectivity index (χ4n) is 1.68. The second kappa shape index (κ2) is 7.45. The van der Waals surface area contributed by atoms with Gasteiger partial charge in [0.2, 0.25) is 0 Å². The van der Waals surface area contributed by atoms with Gasteiger partial charge in [-0.1, -0.05) is 13.8 Å². The van der Waals surface area contributed by atoms with Crippen molar-refractivity contribution in [2.75, 3.05) is 27.2 Å². The van der Waals surface area contributed by atoms with E-state index in [0.29, 0.717) is 5.92 Å². The van der Waals surface area contributed by atoms with Crippen molar-refractivity contribution in [1.82, 2.24) is 19.8 Å². The van der Waals surface area contributed by atoms with E-state index in [0.717, 1.165) is 31.9 Å². The van der Waals surface area contributed by atoms with E-state index >= 15 is 0 Å². The molecule has 0 saturated carbocycles. The molecular formula is C13H26N4. The number of aromatic nitrogens is 2. The Hall–Kier alpha value is -0.870. The fraction of sp³-hybridized carbons (Fsp3) is 0.769. The summed E-state index contributed by atoms with van der Waals surface area (Å²) >= 11 is 0. The van der Waals surface area contributed by atoms with Gasteiger partial charge < -0.3 is 14.8 Å². The van der Waals surface area contributed by atoms with Crippen LogP contribution in [0.4, 0.5) is 0 Å². The van der Waals surface area contributed by atoms with Crippen molar-refractivity contribution in [2.45, 2.75) is 33.4 Å². The Bertz CT molecular complexity index is 276. The largest absolute Gasteiger partial charge is 0.337 e. The molecule has 0 aliphatic heterocycles. The molecule has 0 amide bonds. The summed E-state index contributed by atoms with van der Waals surface area (Å²) in [4.78, 5) is 6.61. The van der Waals surface area contributed by atoms with Crippen molar-refractivity contribution in [3.05, 3.63) is 18.2 Å². The summed E-state index contributed by atoms with van der Waals surface area (Å²) in [5, 5.41) is 3.40. The minimum Gasteiger partial charge on any atom is -0.337 e. The highest BCUT2D eigenvalue weighted by Gasteiger charge is 2.00. The molecule has 0 atom stereocenters. The second-order valence-electron chi connectivity index (χ2n) is 5.28. The third-order valence-corrected chi connectivity index (χ3v) is 2.57. The summed E-state index contributed by atoms with van der Waals surface area (Å²) in [6.07, 6.45) is 5.24. The van der Waals surface area contributed by atoms with E-state index in [2.05, 4.69) is 53.9 Å². The molecule has 0 aliphatic carbocycles. The molecule has 0 radical (unpaired) electrons. The van der Waals surface area contributed by atoms with Crippen LogP contribution in [-0.2, 0) is 13.1 Å². The van der Waals surface area contributed by atoms with Gasteiger partial charge in [0, 0.05) is 19.3 Å². The third-order valence-electron chi connectivity index (χ3n) is 2.57. The van der Waals surface area contributed by atoms with Crippen LogP contribution in [0.15, 0.2) is 12.5 Å². The lowest BCUT2D eigenvalue weighted by Gasteiger charge is -2.08. The van der Waals surface area contributed by atoms with Crippen molar-refractivity contribution < 1.29 is 0 Å². The van der Waals surface area contributed by atoms with Crippen LogP contribution in [-0.4, -0.2) is 41.6 Å². The van der Waals surface area contributed by atoms with Gasteiger partial charge in [-0.15, -0.1) is 0 Å². The molecule has 4 nitrogen and oxygen atoms in total. The summed E-state index contributed by atoms with van der Waals surface area (Å²) < 4.78 is 2.18. The van der Waals surface area contributed by atoms with Crippen molar-refractivity contribution >= 4 is 0 Å². The van der Waals surface area contributed by atoms with Crippen LogP contribution in [0.1, 0.15) is 26.0 Å². The highest BCUT2D eigenvalue weighted by Crippen LogP contribution is 1.99. The molecule has 1 aromatic rings. The molecule has 0 unspecified atom stereocenters. The smallest absolute Gasteiger partial charge is 0.0949 e. The number of aryl methyl sites for hydroxylation is 1. The van der Waals surface area contributed by atoms with Crippen LogP contribution in [0.3, 0.4) is 0 Å². The lowest BCUT2D eigenvalue weighted by Crippen LogP contribution is -2.19. The topological polar surface area (TPSA) is 33.1 Å². The van der Waals surface area contributed by atoms with Gasteiger partial charge in [0.15, 0.2) is 0 Å². The molecule has 1 rings (SSSR count). The minimum absolute atomic E-state index is 0.692. The fourth-order valence-corrected chi connectivity index (χ4v) is 1.68. The Morgan fingerprint density at radius 1 is 1.41 bits per heavy atom. The molecule has 0 bridgehead atoms. The first-order valence-electron chi connectivity index (χ1n) is 6.44. The monoisotopic (exact) mass is 238 g/mol. The van der Waals surface area contributed by atoms with Gasteiger partial charge in [-0.2, -0.15) is 0 Å². The zero-order valence-electron chi connectivity index (χ0n) is 11.6. The van der Waals surface area contributed by atoms with E-state index in [-0.39, 0.29) is 0 Å². The van der Waals surface area contributed by atoms with Crippen LogP contribution in [0.2, 0.25) is 0 Å². The highest BCUT2D eigenvalue weighted by molar-refractivity contribution is 4.96. The van der Waals surface area contributed by atoms with Crippen molar-refractivity contribution in [3.63, 3.8) is 0 Å². The van der Waals surface area contributed by atoms with Gasteiger partial charge in [-0.05, 0) is 39.5 Å². The lowest BCUT2D eigenvalue weighted by molar-refractivity contribution is 0.386. The van der Waals surface area contributed by atoms with E-state index in [9.17, 15) is 0 Å². The highest BCUT2D eigenvalue weighted by atomic mass is 15.1. The third kappa shape index (κ3) is 6.44. The van der Waals surface area contributed by atoms with Gasteiger partial charge in [0.1, 0.15) is 0 Å². The molecule has 0 fully saturated rings. The van der Waals surface area contributed by atoms with Crippen LogP contribution in [0, 0.1) is 5.92 Å². The van der Waals surface area contributed by atoms with Crippen LogP contribution in [0.5, 0.6) is 0 Å². The van der Waals surface area contributed by atoms with Crippen LogP contribution < -0.4 is 5.32 Å². The SMILES string of the molecule is CC(C)CNCc1cn(CCCN(C)C)cn1. The zero-order chi connectivity index (χ0) is 12.7. The molecule has 1 aromatic heterocycles. The van der Waals surface area contributed by atoms with Crippen molar-refractivity contribution in [1.29, 1.82) is 0 Å². The summed E-state index contributed by atoms with van der Waals surface area (Å²) in [7, 11) is 4.21. The van der Waals surface area contributed by atoms with E-state index in [1.54, 1.807) is 0 Å². The summed E-state index contributed by atoms with van der Waals surface area (Å²) in [6.45, 7) is 8.53. The van der Waals surface area contributed by atoms with Crippen molar-refractivity contribution in [2.24, 2.45) is 5.92 Å². The summed E-state index contributed by atoms with van der Waals surface area (Å²) in [5.41, 5.74) is 1.13. The molecule has 0 saturated heterocycles. The number of hydrogen-bond donors (Lipinski definition) is 1. The number of imidazole rings is 1. The first kappa shape index (κ1) is 14.2. The predicted molar refractivity (Wildman–Crippen MR) is 71.9 cm³/mol. The maximum absolute atomic E-state index is 4.40. The average Bonchev–Trinajstić information content (AvgIpc) is 2.65. The molecule has 4 heteroatoms. The van der Waals surface area contributed by atoms with Gasteiger partial charge in [-0.25, -0.2) is 4.98 Å². The molecular weight excluding hydrogens is 212 g/mol. The van der Waals surface area contributed by atoms with Crippen molar-refractivity contribution in [3.8, 4) is 0 Å². The van der Waals surface area contributed by atoms with Gasteiger partial charge in [-0.3, -0.25) is 0 Å². The van der Waals surface area contributed by atoms with Crippen LogP contribution in [0.25, 0.3) is 0 Å². The Balaban J connectivity index is 2.23. The zero-order valence-corrected chi connectivity index (χ0v) is 11.6. The summed E-state index contributed by atoms with van der Waals surface area (Å²) in [6, 6.07) is 0. The molecule has 0 spiro atoms. The quantitative estimate of drug-likeness (QED) is 0.746. The van der Waals surface area contributed by atoms with E-state index in [1.807, 2.05) is 6.33 Å². The molecule has 0 aliphatic rings. The first-order valence-corrected chi connectivity index (χ1v) is 6.44. The molecule has 1 N–H and O–H groups in total. The maximum atomic E-state index is 4.40. The minimum atomic E-state index is 0.692. The molecule has 1 heterocycles. The molecule has 17 heavy (non-hydrogen) atoms. The standard InChI is InChI=1S/C13H26N4/c1-12(2)8-14-9-13-10-17(11-15-13)7-5-6-16(3)4/h10-12,14H,5-9H2,1-4H3. The number of nitrogens with zero attached hydrogens (tertiary/aromatic N) is 3. The average molecular weight is 238 g/mol. The Morgan fingerprint density at radius 2 is 2.18 bits per heavy atom. The van der Waals surface area contributed by atoms with Gasteiger partial charge in [0.25, 0.3) is 0 Å². The van der Waals surface area contributed by atoms with Gasteiger partial charge >= 0.3 is 0 Å². The Kier molecular flexibility index (Phi) is 6.22. The number of rotatable bonds is 8.